The molecule has 0 saturated heterocycles. The first-order valence-electron chi connectivity index (χ1n) is 6.19. The van der Waals surface area contributed by atoms with Crippen LogP contribution in [0.25, 0.3) is 0 Å². The van der Waals surface area contributed by atoms with Crippen molar-refractivity contribution in [2.45, 2.75) is 9.79 Å². The van der Waals surface area contributed by atoms with Gasteiger partial charge in [-0.3, -0.25) is 10.1 Å². The van der Waals surface area contributed by atoms with Gasteiger partial charge in [-0.2, -0.15) is 0 Å². The van der Waals surface area contributed by atoms with Gasteiger partial charge >= 0.3 is 0 Å². The number of sulfone groups is 2. The van der Waals surface area contributed by atoms with Crippen LogP contribution in [0.5, 0.6) is 0 Å². The van der Waals surface area contributed by atoms with E-state index in [0.29, 0.717) is 0 Å². The van der Waals surface area contributed by atoms with Gasteiger partial charge < -0.3 is 0 Å². The molecular formula is C11H12ClN5O5S2. The van der Waals surface area contributed by atoms with E-state index in [9.17, 15) is 21.6 Å². The van der Waals surface area contributed by atoms with Crippen molar-refractivity contribution in [1.29, 1.82) is 0 Å². The first-order chi connectivity index (χ1) is 10.9. The quantitative estimate of drug-likeness (QED) is 0.760. The summed E-state index contributed by atoms with van der Waals surface area (Å²) < 4.78 is 48.6. The van der Waals surface area contributed by atoms with E-state index >= 15 is 0 Å². The Bertz CT molecular complexity index is 1030. The highest BCUT2D eigenvalue weighted by Gasteiger charge is 2.28. The molecule has 2 aromatic rings. The molecule has 1 amide bonds. The van der Waals surface area contributed by atoms with E-state index in [2.05, 4.69) is 20.8 Å². The Labute approximate surface area is 142 Å². The number of carbonyl (C=O) groups excluding carboxylic acids is 1. The number of anilines is 1. The number of aromatic nitrogens is 4. The van der Waals surface area contributed by atoms with Crippen LogP contribution in [0.2, 0.25) is 5.02 Å². The van der Waals surface area contributed by atoms with Gasteiger partial charge in [0, 0.05) is 19.6 Å². The molecule has 0 bridgehead atoms. The largest absolute Gasteiger partial charge is 0.289 e. The van der Waals surface area contributed by atoms with Crippen LogP contribution in [0.15, 0.2) is 21.9 Å². The number of rotatable bonds is 4. The van der Waals surface area contributed by atoms with Gasteiger partial charge in [0.15, 0.2) is 19.7 Å². The van der Waals surface area contributed by atoms with E-state index in [1.165, 1.54) is 11.7 Å². The third kappa shape index (κ3) is 3.55. The van der Waals surface area contributed by atoms with Crippen molar-refractivity contribution in [3.05, 3.63) is 22.7 Å². The highest BCUT2D eigenvalue weighted by atomic mass is 35.5. The van der Waals surface area contributed by atoms with Crippen molar-refractivity contribution >= 4 is 43.1 Å². The molecule has 24 heavy (non-hydrogen) atoms. The standard InChI is InChI=1S/C11H12ClN5O5S2/c1-17-11(14-15-16-17)13-10(18)6-4-5-7(23(2,19)20)9(8(6)12)24(3,21)22/h4-5H,1-3H3,(H,13,14,16,18). The number of tetrazole rings is 1. The Morgan fingerprint density at radius 1 is 1.17 bits per heavy atom. The van der Waals surface area contributed by atoms with E-state index in [4.69, 9.17) is 11.6 Å². The molecule has 1 aromatic heterocycles. The summed E-state index contributed by atoms with van der Waals surface area (Å²) in [6.45, 7) is 0. The average Bonchev–Trinajstić information content (AvgIpc) is 2.81. The molecule has 0 unspecified atom stereocenters. The summed E-state index contributed by atoms with van der Waals surface area (Å²) >= 11 is 6.02. The summed E-state index contributed by atoms with van der Waals surface area (Å²) in [7, 11) is -6.40. The van der Waals surface area contributed by atoms with E-state index < -0.39 is 40.4 Å². The molecular weight excluding hydrogens is 382 g/mol. The third-order valence-electron chi connectivity index (χ3n) is 2.92. The van der Waals surface area contributed by atoms with Crippen LogP contribution in [-0.2, 0) is 26.7 Å². The molecule has 1 aromatic carbocycles. The number of amides is 1. The van der Waals surface area contributed by atoms with Crippen LogP contribution in [0, 0.1) is 0 Å². The Balaban J connectivity index is 2.62. The number of carbonyl (C=O) groups is 1. The maximum Gasteiger partial charge on any atom is 0.259 e. The summed E-state index contributed by atoms with van der Waals surface area (Å²) in [4.78, 5) is 11.2. The SMILES string of the molecule is Cn1nnnc1NC(=O)c1ccc(S(C)(=O)=O)c(S(C)(=O)=O)c1Cl. The summed E-state index contributed by atoms with van der Waals surface area (Å²) in [6, 6.07) is 2.13. The van der Waals surface area contributed by atoms with Crippen LogP contribution in [-0.4, -0.2) is 55.5 Å². The fourth-order valence-electron chi connectivity index (χ4n) is 1.86. The molecule has 130 valence electrons. The van der Waals surface area contributed by atoms with Gasteiger partial charge in [0.25, 0.3) is 5.91 Å². The number of nitrogens with zero attached hydrogens (tertiary/aromatic N) is 4. The third-order valence-corrected chi connectivity index (χ3v) is 5.86. The number of aryl methyl sites for hydroxylation is 1. The lowest BCUT2D eigenvalue weighted by atomic mass is 10.2. The monoisotopic (exact) mass is 393 g/mol. The van der Waals surface area contributed by atoms with Gasteiger partial charge in [-0.05, 0) is 22.6 Å². The molecule has 0 aliphatic heterocycles. The van der Waals surface area contributed by atoms with Gasteiger partial charge in [-0.15, -0.1) is 0 Å². The van der Waals surface area contributed by atoms with Crippen LogP contribution in [0.3, 0.4) is 0 Å². The Morgan fingerprint density at radius 3 is 2.25 bits per heavy atom. The molecule has 13 heteroatoms. The van der Waals surface area contributed by atoms with Gasteiger partial charge in [0.1, 0.15) is 4.90 Å². The second kappa shape index (κ2) is 6.11. The highest BCUT2D eigenvalue weighted by molar-refractivity contribution is 7.93. The van der Waals surface area contributed by atoms with Crippen LogP contribution in [0.1, 0.15) is 10.4 Å². The molecule has 0 aliphatic carbocycles. The summed E-state index contributed by atoms with van der Waals surface area (Å²) in [5, 5.41) is 12.3. The smallest absolute Gasteiger partial charge is 0.259 e. The lowest BCUT2D eigenvalue weighted by molar-refractivity contribution is 0.102. The van der Waals surface area contributed by atoms with E-state index in [1.807, 2.05) is 0 Å². The minimum Gasteiger partial charge on any atom is -0.289 e. The summed E-state index contributed by atoms with van der Waals surface area (Å²) in [6.07, 6.45) is 1.65. The molecule has 10 nitrogen and oxygen atoms in total. The molecule has 0 spiro atoms. The topological polar surface area (TPSA) is 141 Å². The Morgan fingerprint density at radius 2 is 1.79 bits per heavy atom. The van der Waals surface area contributed by atoms with Crippen LogP contribution < -0.4 is 5.32 Å². The maximum absolute atomic E-state index is 12.3. The van der Waals surface area contributed by atoms with Crippen molar-refractivity contribution in [3.8, 4) is 0 Å². The number of hydrogen-bond donors (Lipinski definition) is 1. The predicted octanol–water partition coefficient (Wildman–Crippen LogP) is -0.0772. The molecule has 0 radical (unpaired) electrons. The zero-order valence-corrected chi connectivity index (χ0v) is 15.1. The van der Waals surface area contributed by atoms with Crippen molar-refractivity contribution in [2.24, 2.45) is 7.05 Å². The molecule has 1 heterocycles. The van der Waals surface area contributed by atoms with E-state index in [1.54, 1.807) is 0 Å². The fourth-order valence-corrected chi connectivity index (χ4v) is 5.11. The molecule has 1 N–H and O–H groups in total. The van der Waals surface area contributed by atoms with Crippen molar-refractivity contribution in [3.63, 3.8) is 0 Å². The van der Waals surface area contributed by atoms with Crippen molar-refractivity contribution in [1.82, 2.24) is 20.2 Å². The molecule has 0 aliphatic rings. The molecule has 0 fully saturated rings. The summed E-state index contributed by atoms with van der Waals surface area (Å²) in [5.74, 6) is -0.785. The average molecular weight is 394 g/mol. The normalized spacial score (nSPS) is 12.2. The fraction of sp³-hybridized carbons (Fsp3) is 0.273. The summed E-state index contributed by atoms with van der Waals surface area (Å²) in [5.41, 5.74) is -0.229. The number of halogens is 1. The number of benzene rings is 1. The number of nitrogens with one attached hydrogen (secondary N) is 1. The molecule has 0 atom stereocenters. The van der Waals surface area contributed by atoms with Crippen molar-refractivity contribution < 1.29 is 21.6 Å². The zero-order valence-electron chi connectivity index (χ0n) is 12.7. The first kappa shape index (κ1) is 18.3. The van der Waals surface area contributed by atoms with Gasteiger partial charge in [0.2, 0.25) is 5.95 Å². The van der Waals surface area contributed by atoms with E-state index in [0.717, 1.165) is 24.6 Å². The van der Waals surface area contributed by atoms with Crippen LogP contribution in [0.4, 0.5) is 5.95 Å². The minimum absolute atomic E-state index is 0.00385. The van der Waals surface area contributed by atoms with Gasteiger partial charge in [0.05, 0.1) is 15.5 Å². The van der Waals surface area contributed by atoms with Gasteiger partial charge in [-0.1, -0.05) is 16.7 Å². The molecule has 0 saturated carbocycles. The maximum atomic E-state index is 12.3. The first-order valence-corrected chi connectivity index (χ1v) is 10.4. The van der Waals surface area contributed by atoms with Gasteiger partial charge in [-0.25, -0.2) is 21.5 Å². The Kier molecular flexibility index (Phi) is 4.65. The second-order valence-electron chi connectivity index (χ2n) is 4.88. The minimum atomic E-state index is -4.01. The Hall–Kier alpha value is -2.05. The lowest BCUT2D eigenvalue weighted by Gasteiger charge is -2.12. The highest BCUT2D eigenvalue weighted by Crippen LogP contribution is 2.32. The van der Waals surface area contributed by atoms with E-state index in [-0.39, 0.29) is 11.5 Å². The number of hydrogen-bond acceptors (Lipinski definition) is 8. The van der Waals surface area contributed by atoms with Crippen LogP contribution >= 0.6 is 11.6 Å². The van der Waals surface area contributed by atoms with Crippen molar-refractivity contribution in [2.75, 3.05) is 17.8 Å². The predicted molar refractivity (Wildman–Crippen MR) is 84.4 cm³/mol. The molecule has 2 rings (SSSR count). The zero-order chi connectivity index (χ0) is 18.3. The lowest BCUT2D eigenvalue weighted by Crippen LogP contribution is -2.18. The second-order valence-corrected chi connectivity index (χ2v) is 9.19.